The summed E-state index contributed by atoms with van der Waals surface area (Å²) in [5.41, 5.74) is 2.48. The first-order valence-electron chi connectivity index (χ1n) is 7.38. The molecule has 22 heavy (non-hydrogen) atoms. The number of hydrogen-bond acceptors (Lipinski definition) is 3. The highest BCUT2D eigenvalue weighted by Crippen LogP contribution is 2.32. The number of carbonyl (C=O) groups excluding carboxylic acids is 1. The fraction of sp³-hybridized carbons (Fsp3) is 0.278. The van der Waals surface area contributed by atoms with E-state index in [0.717, 1.165) is 24.0 Å². The zero-order chi connectivity index (χ0) is 15.7. The Bertz CT molecular complexity index is 783. The van der Waals surface area contributed by atoms with Crippen LogP contribution in [0.2, 0.25) is 0 Å². The quantitative estimate of drug-likeness (QED) is 0.793. The van der Waals surface area contributed by atoms with Gasteiger partial charge in [0.05, 0.1) is 10.6 Å². The largest absolute Gasteiger partial charge is 0.294 e. The molecule has 0 spiro atoms. The molecule has 1 saturated carbocycles. The van der Waals surface area contributed by atoms with Crippen LogP contribution in [0.1, 0.15) is 34.3 Å². The summed E-state index contributed by atoms with van der Waals surface area (Å²) >= 11 is 0. The number of Topliss-reactive ketones (excluding diaryl/α,β-unsaturated/α-hetero) is 1. The van der Waals surface area contributed by atoms with Crippen molar-refractivity contribution in [1.82, 2.24) is 0 Å². The molecule has 0 unspecified atom stereocenters. The van der Waals surface area contributed by atoms with Gasteiger partial charge in [0.25, 0.3) is 0 Å². The molecule has 0 aromatic heterocycles. The monoisotopic (exact) mass is 314 g/mol. The highest BCUT2D eigenvalue weighted by Gasteiger charge is 2.30. The predicted octanol–water partition coefficient (Wildman–Crippen LogP) is 3.56. The summed E-state index contributed by atoms with van der Waals surface area (Å²) in [7, 11) is -3.38. The molecule has 1 fully saturated rings. The molecule has 2 aromatic carbocycles. The molecule has 4 heteroatoms. The van der Waals surface area contributed by atoms with Crippen molar-refractivity contribution in [1.29, 1.82) is 0 Å². The van der Waals surface area contributed by atoms with Crippen LogP contribution in [-0.2, 0) is 15.6 Å². The van der Waals surface area contributed by atoms with Crippen molar-refractivity contribution >= 4 is 15.6 Å². The number of aryl methyl sites for hydroxylation is 1. The molecule has 2 aromatic rings. The van der Waals surface area contributed by atoms with Gasteiger partial charge in [-0.2, -0.15) is 0 Å². The Labute approximate surface area is 130 Å². The molecule has 3 nitrogen and oxygen atoms in total. The lowest BCUT2D eigenvalue weighted by Gasteiger charge is -2.06. The highest BCUT2D eigenvalue weighted by atomic mass is 32.2. The normalized spacial score (nSPS) is 14.8. The number of benzene rings is 2. The van der Waals surface area contributed by atoms with Crippen LogP contribution in [0, 0.1) is 12.8 Å². The highest BCUT2D eigenvalue weighted by molar-refractivity contribution is 7.90. The lowest BCUT2D eigenvalue weighted by molar-refractivity contribution is 0.0967. The molecule has 3 rings (SSSR count). The van der Waals surface area contributed by atoms with E-state index in [1.54, 1.807) is 24.3 Å². The fourth-order valence-corrected chi connectivity index (χ4v) is 3.74. The number of ketones is 1. The predicted molar refractivity (Wildman–Crippen MR) is 85.6 cm³/mol. The third-order valence-electron chi connectivity index (χ3n) is 3.92. The van der Waals surface area contributed by atoms with E-state index in [1.165, 1.54) is 0 Å². The fourth-order valence-electron chi connectivity index (χ4n) is 2.39. The average molecular weight is 314 g/mol. The van der Waals surface area contributed by atoms with Crippen LogP contribution < -0.4 is 0 Å². The van der Waals surface area contributed by atoms with E-state index in [4.69, 9.17) is 0 Å². The summed E-state index contributed by atoms with van der Waals surface area (Å²) in [6.07, 6.45) is 1.90. The maximum Gasteiger partial charge on any atom is 0.182 e. The van der Waals surface area contributed by atoms with Crippen molar-refractivity contribution in [2.75, 3.05) is 0 Å². The number of carbonyl (C=O) groups is 1. The van der Waals surface area contributed by atoms with Crippen LogP contribution in [0.4, 0.5) is 0 Å². The lowest BCUT2D eigenvalue weighted by Crippen LogP contribution is -2.06. The Kier molecular flexibility index (Phi) is 3.87. The first-order valence-corrected chi connectivity index (χ1v) is 9.03. The number of rotatable bonds is 5. The first-order chi connectivity index (χ1) is 10.5. The molecule has 0 amide bonds. The second-order valence-electron chi connectivity index (χ2n) is 5.91. The van der Waals surface area contributed by atoms with Gasteiger partial charge < -0.3 is 0 Å². The van der Waals surface area contributed by atoms with Gasteiger partial charge in [-0.15, -0.1) is 0 Å². The van der Waals surface area contributed by atoms with Crippen LogP contribution in [0.5, 0.6) is 0 Å². The van der Waals surface area contributed by atoms with Gasteiger partial charge in [-0.25, -0.2) is 8.42 Å². The molecule has 0 aliphatic heterocycles. The molecule has 114 valence electrons. The summed E-state index contributed by atoms with van der Waals surface area (Å²) in [5, 5.41) is 0. The molecule has 0 heterocycles. The van der Waals surface area contributed by atoms with Crippen molar-refractivity contribution in [3.8, 4) is 0 Å². The van der Waals surface area contributed by atoms with Crippen molar-refractivity contribution < 1.29 is 13.2 Å². The third kappa shape index (κ3) is 3.28. The first kappa shape index (κ1) is 15.0. The van der Waals surface area contributed by atoms with Crippen molar-refractivity contribution in [3.05, 3.63) is 65.2 Å². The zero-order valence-corrected chi connectivity index (χ0v) is 13.3. The maximum atomic E-state index is 12.4. The Morgan fingerprint density at radius 1 is 1.00 bits per heavy atom. The van der Waals surface area contributed by atoms with Gasteiger partial charge in [0.1, 0.15) is 0 Å². The van der Waals surface area contributed by atoms with E-state index in [-0.39, 0.29) is 22.3 Å². The molecule has 0 saturated heterocycles. The molecule has 0 bridgehead atoms. The minimum atomic E-state index is -3.38. The van der Waals surface area contributed by atoms with Crippen LogP contribution in [0.25, 0.3) is 0 Å². The van der Waals surface area contributed by atoms with Gasteiger partial charge in [0.2, 0.25) is 0 Å². The summed E-state index contributed by atoms with van der Waals surface area (Å²) in [4.78, 5) is 12.2. The molecule has 1 aliphatic rings. The van der Waals surface area contributed by atoms with E-state index >= 15 is 0 Å². The standard InChI is InChI=1S/C18H18O3S/c1-13-2-4-14(5-3-13)12-22(20,21)17-10-8-16(9-11-17)18(19)15-6-7-15/h2-5,8-11,15H,6-7,12H2,1H3. The van der Waals surface area contributed by atoms with Crippen molar-refractivity contribution in [3.63, 3.8) is 0 Å². The molecule has 0 atom stereocenters. The minimum Gasteiger partial charge on any atom is -0.294 e. The van der Waals surface area contributed by atoms with E-state index in [9.17, 15) is 13.2 Å². The summed E-state index contributed by atoms with van der Waals surface area (Å²) in [6, 6.07) is 13.8. The second kappa shape index (κ2) is 5.69. The van der Waals surface area contributed by atoms with Crippen molar-refractivity contribution in [2.24, 2.45) is 5.92 Å². The van der Waals surface area contributed by atoms with Gasteiger partial charge in [-0.05, 0) is 37.5 Å². The van der Waals surface area contributed by atoms with Crippen LogP contribution in [0.3, 0.4) is 0 Å². The van der Waals surface area contributed by atoms with Crippen LogP contribution in [0.15, 0.2) is 53.4 Å². The Balaban J connectivity index is 1.79. The van der Waals surface area contributed by atoms with Crippen LogP contribution in [-0.4, -0.2) is 14.2 Å². The van der Waals surface area contributed by atoms with Gasteiger partial charge in [-0.3, -0.25) is 4.79 Å². The zero-order valence-electron chi connectivity index (χ0n) is 12.5. The van der Waals surface area contributed by atoms with Gasteiger partial charge in [-0.1, -0.05) is 42.0 Å². The molecular weight excluding hydrogens is 296 g/mol. The molecule has 0 radical (unpaired) electrons. The number of sulfone groups is 1. The maximum absolute atomic E-state index is 12.4. The summed E-state index contributed by atoms with van der Waals surface area (Å²) in [5.74, 6) is 0.251. The van der Waals surface area contributed by atoms with Gasteiger partial charge >= 0.3 is 0 Å². The molecule has 0 N–H and O–H groups in total. The smallest absolute Gasteiger partial charge is 0.182 e. The van der Waals surface area contributed by atoms with E-state index in [1.807, 2.05) is 31.2 Å². The Hall–Kier alpha value is -1.94. The molecular formula is C18H18O3S. The van der Waals surface area contributed by atoms with Crippen molar-refractivity contribution in [2.45, 2.75) is 30.4 Å². The average Bonchev–Trinajstić information content (AvgIpc) is 3.34. The topological polar surface area (TPSA) is 51.2 Å². The lowest BCUT2D eigenvalue weighted by atomic mass is 10.1. The van der Waals surface area contributed by atoms with Gasteiger partial charge in [0, 0.05) is 11.5 Å². The third-order valence-corrected chi connectivity index (χ3v) is 5.63. The summed E-state index contributed by atoms with van der Waals surface area (Å²) in [6.45, 7) is 1.97. The van der Waals surface area contributed by atoms with E-state index in [2.05, 4.69) is 0 Å². The van der Waals surface area contributed by atoms with Crippen LogP contribution >= 0.6 is 0 Å². The van der Waals surface area contributed by atoms with E-state index in [0.29, 0.717) is 5.56 Å². The SMILES string of the molecule is Cc1ccc(CS(=O)(=O)c2ccc(C(=O)C3CC3)cc2)cc1. The Morgan fingerprint density at radius 2 is 1.59 bits per heavy atom. The number of hydrogen-bond donors (Lipinski definition) is 0. The van der Waals surface area contributed by atoms with E-state index < -0.39 is 9.84 Å². The summed E-state index contributed by atoms with van der Waals surface area (Å²) < 4.78 is 24.9. The Morgan fingerprint density at radius 3 is 2.14 bits per heavy atom. The van der Waals surface area contributed by atoms with Gasteiger partial charge in [0.15, 0.2) is 15.6 Å². The minimum absolute atomic E-state index is 0.0246. The molecule has 1 aliphatic carbocycles. The second-order valence-corrected chi connectivity index (χ2v) is 7.90.